The van der Waals surface area contributed by atoms with Gasteiger partial charge in [-0.3, -0.25) is 9.78 Å². The molecule has 0 radical (unpaired) electrons. The fourth-order valence-corrected chi connectivity index (χ4v) is 2.71. The highest BCUT2D eigenvalue weighted by molar-refractivity contribution is 7.15. The Labute approximate surface area is 128 Å². The van der Waals surface area contributed by atoms with E-state index in [-0.39, 0.29) is 5.91 Å². The molecule has 21 heavy (non-hydrogen) atoms. The van der Waals surface area contributed by atoms with E-state index in [9.17, 15) is 4.79 Å². The Balaban J connectivity index is 1.75. The van der Waals surface area contributed by atoms with Crippen molar-refractivity contribution in [3.63, 3.8) is 0 Å². The van der Waals surface area contributed by atoms with Crippen molar-refractivity contribution in [2.24, 2.45) is 0 Å². The zero-order valence-corrected chi connectivity index (χ0v) is 13.0. The van der Waals surface area contributed by atoms with Gasteiger partial charge in [0.2, 0.25) is 11.0 Å². The van der Waals surface area contributed by atoms with Gasteiger partial charge in [0.05, 0.1) is 0 Å². The molecular formula is C15H20N4OS. The minimum atomic E-state index is -0.0323. The van der Waals surface area contributed by atoms with Crippen LogP contribution in [0.25, 0.3) is 0 Å². The van der Waals surface area contributed by atoms with Crippen molar-refractivity contribution in [2.45, 2.75) is 45.4 Å². The highest BCUT2D eigenvalue weighted by Gasteiger charge is 2.08. The molecule has 0 fully saturated rings. The third-order valence-corrected chi connectivity index (χ3v) is 3.97. The number of carbonyl (C=O) groups excluding carboxylic acids is 1. The number of anilines is 1. The lowest BCUT2D eigenvalue weighted by Crippen LogP contribution is -2.12. The summed E-state index contributed by atoms with van der Waals surface area (Å²) in [4.78, 5) is 15.9. The fourth-order valence-electron chi connectivity index (χ4n) is 1.92. The molecule has 2 aromatic rings. The van der Waals surface area contributed by atoms with E-state index in [2.05, 4.69) is 27.4 Å². The van der Waals surface area contributed by atoms with Crippen LogP contribution in [0, 0.1) is 0 Å². The summed E-state index contributed by atoms with van der Waals surface area (Å²) in [6, 6.07) is 3.84. The summed E-state index contributed by atoms with van der Waals surface area (Å²) in [6.45, 7) is 2.17. The number of carbonyl (C=O) groups is 1. The largest absolute Gasteiger partial charge is 0.301 e. The van der Waals surface area contributed by atoms with Gasteiger partial charge >= 0.3 is 0 Å². The normalized spacial score (nSPS) is 10.5. The van der Waals surface area contributed by atoms with Gasteiger partial charge in [0.25, 0.3) is 0 Å². The second-order valence-electron chi connectivity index (χ2n) is 4.87. The van der Waals surface area contributed by atoms with Gasteiger partial charge in [0, 0.05) is 25.2 Å². The molecule has 2 heterocycles. The van der Waals surface area contributed by atoms with Crippen LogP contribution in [0.2, 0.25) is 0 Å². The first-order valence-electron chi connectivity index (χ1n) is 7.29. The van der Waals surface area contributed by atoms with Crippen molar-refractivity contribution in [3.05, 3.63) is 35.1 Å². The first kappa shape index (κ1) is 15.6. The number of hydrogen-bond acceptors (Lipinski definition) is 5. The Hall–Kier alpha value is -1.82. The third kappa shape index (κ3) is 5.59. The molecule has 0 unspecified atom stereocenters. The summed E-state index contributed by atoms with van der Waals surface area (Å²) in [7, 11) is 0. The maximum atomic E-state index is 11.9. The minimum Gasteiger partial charge on any atom is -0.301 e. The molecule has 1 amide bonds. The number of unbranched alkanes of at least 4 members (excludes halogenated alkanes) is 2. The van der Waals surface area contributed by atoms with E-state index in [1.807, 2.05) is 12.1 Å². The number of rotatable bonds is 8. The van der Waals surface area contributed by atoms with Crippen LogP contribution in [-0.2, 0) is 17.6 Å². The third-order valence-electron chi connectivity index (χ3n) is 3.07. The molecule has 0 aliphatic heterocycles. The monoisotopic (exact) mass is 304 g/mol. The number of nitrogens with zero attached hydrogens (tertiary/aromatic N) is 3. The molecule has 112 valence electrons. The van der Waals surface area contributed by atoms with E-state index in [0.717, 1.165) is 23.4 Å². The Morgan fingerprint density at radius 1 is 1.29 bits per heavy atom. The number of aryl methyl sites for hydroxylation is 2. The number of amides is 1. The van der Waals surface area contributed by atoms with Gasteiger partial charge in [0.1, 0.15) is 5.01 Å². The van der Waals surface area contributed by atoms with Gasteiger partial charge in [-0.15, -0.1) is 10.2 Å². The van der Waals surface area contributed by atoms with Crippen LogP contribution in [0.15, 0.2) is 24.5 Å². The van der Waals surface area contributed by atoms with Crippen LogP contribution in [0.3, 0.4) is 0 Å². The molecule has 0 atom stereocenters. The Kier molecular flexibility index (Phi) is 6.27. The van der Waals surface area contributed by atoms with Crippen LogP contribution in [-0.4, -0.2) is 21.1 Å². The molecule has 0 saturated carbocycles. The van der Waals surface area contributed by atoms with Crippen LogP contribution < -0.4 is 5.32 Å². The average molecular weight is 304 g/mol. The van der Waals surface area contributed by atoms with E-state index >= 15 is 0 Å². The highest BCUT2D eigenvalue weighted by atomic mass is 32.1. The van der Waals surface area contributed by atoms with Gasteiger partial charge in [-0.2, -0.15) is 0 Å². The summed E-state index contributed by atoms with van der Waals surface area (Å²) >= 11 is 1.47. The molecule has 2 rings (SSSR count). The molecule has 0 bridgehead atoms. The molecule has 1 N–H and O–H groups in total. The van der Waals surface area contributed by atoms with E-state index < -0.39 is 0 Å². The van der Waals surface area contributed by atoms with Crippen molar-refractivity contribution in [3.8, 4) is 0 Å². The number of pyridine rings is 1. The van der Waals surface area contributed by atoms with Gasteiger partial charge in [0.15, 0.2) is 0 Å². The summed E-state index contributed by atoms with van der Waals surface area (Å²) in [5, 5.41) is 12.5. The Morgan fingerprint density at radius 2 is 2.19 bits per heavy atom. The quantitative estimate of drug-likeness (QED) is 0.760. The maximum Gasteiger partial charge on any atom is 0.226 e. The van der Waals surface area contributed by atoms with Gasteiger partial charge in [-0.05, 0) is 24.5 Å². The summed E-state index contributed by atoms with van der Waals surface area (Å²) in [5.41, 5.74) is 1.06. The van der Waals surface area contributed by atoms with E-state index in [4.69, 9.17) is 0 Å². The van der Waals surface area contributed by atoms with E-state index in [0.29, 0.717) is 18.0 Å². The zero-order chi connectivity index (χ0) is 14.9. The SMILES string of the molecule is CCCCCc1nnc(NC(=O)CCc2cccnc2)s1. The van der Waals surface area contributed by atoms with E-state index in [1.54, 1.807) is 12.4 Å². The minimum absolute atomic E-state index is 0.0323. The van der Waals surface area contributed by atoms with Crippen LogP contribution in [0.4, 0.5) is 5.13 Å². The number of nitrogens with one attached hydrogen (secondary N) is 1. The smallest absolute Gasteiger partial charge is 0.226 e. The summed E-state index contributed by atoms with van der Waals surface area (Å²) in [5.74, 6) is -0.0323. The lowest BCUT2D eigenvalue weighted by Gasteiger charge is -2.01. The highest BCUT2D eigenvalue weighted by Crippen LogP contribution is 2.17. The zero-order valence-electron chi connectivity index (χ0n) is 12.2. The molecule has 0 aliphatic carbocycles. The van der Waals surface area contributed by atoms with Crippen molar-refractivity contribution >= 4 is 22.4 Å². The van der Waals surface area contributed by atoms with Crippen LogP contribution in [0.1, 0.15) is 43.2 Å². The molecule has 0 aromatic carbocycles. The standard InChI is InChI=1S/C15H20N4OS/c1-2-3-4-7-14-18-19-15(21-14)17-13(20)9-8-12-6-5-10-16-11-12/h5-6,10-11H,2-4,7-9H2,1H3,(H,17,19,20). The average Bonchev–Trinajstić information content (AvgIpc) is 2.94. The molecular weight excluding hydrogens is 284 g/mol. The van der Waals surface area contributed by atoms with Crippen LogP contribution >= 0.6 is 11.3 Å². The van der Waals surface area contributed by atoms with Crippen molar-refractivity contribution in [2.75, 3.05) is 5.32 Å². The predicted octanol–water partition coefficient (Wildman–Crippen LogP) is 3.24. The molecule has 0 saturated heterocycles. The van der Waals surface area contributed by atoms with Crippen molar-refractivity contribution < 1.29 is 4.79 Å². The van der Waals surface area contributed by atoms with Crippen LogP contribution in [0.5, 0.6) is 0 Å². The number of hydrogen-bond donors (Lipinski definition) is 1. The molecule has 0 aliphatic rings. The lowest BCUT2D eigenvalue weighted by molar-refractivity contribution is -0.116. The second-order valence-corrected chi connectivity index (χ2v) is 5.93. The van der Waals surface area contributed by atoms with Gasteiger partial charge < -0.3 is 5.32 Å². The molecule has 6 heteroatoms. The Morgan fingerprint density at radius 3 is 2.95 bits per heavy atom. The number of aromatic nitrogens is 3. The fraction of sp³-hybridized carbons (Fsp3) is 0.467. The summed E-state index contributed by atoms with van der Waals surface area (Å²) < 4.78 is 0. The predicted molar refractivity (Wildman–Crippen MR) is 84.3 cm³/mol. The first-order valence-corrected chi connectivity index (χ1v) is 8.10. The van der Waals surface area contributed by atoms with Gasteiger partial charge in [-0.25, -0.2) is 0 Å². The molecule has 0 spiro atoms. The molecule has 2 aromatic heterocycles. The summed E-state index contributed by atoms with van der Waals surface area (Å²) in [6.07, 6.45) is 9.08. The van der Waals surface area contributed by atoms with E-state index in [1.165, 1.54) is 24.2 Å². The first-order chi connectivity index (χ1) is 10.3. The maximum absolute atomic E-state index is 11.9. The van der Waals surface area contributed by atoms with Crippen molar-refractivity contribution in [1.29, 1.82) is 0 Å². The lowest BCUT2D eigenvalue weighted by atomic mass is 10.1. The van der Waals surface area contributed by atoms with Gasteiger partial charge in [-0.1, -0.05) is 37.2 Å². The van der Waals surface area contributed by atoms with Crippen molar-refractivity contribution in [1.82, 2.24) is 15.2 Å². The molecule has 5 nitrogen and oxygen atoms in total. The Bertz CT molecular complexity index is 556. The second kappa shape index (κ2) is 8.46. The topological polar surface area (TPSA) is 67.8 Å².